The lowest BCUT2D eigenvalue weighted by Crippen LogP contribution is -2.28. The van der Waals surface area contributed by atoms with Crippen molar-refractivity contribution in [3.63, 3.8) is 0 Å². The number of nitrogens with one attached hydrogen (secondary N) is 1. The van der Waals surface area contributed by atoms with E-state index in [0.717, 1.165) is 42.7 Å². The molecule has 0 amide bonds. The molecule has 0 spiro atoms. The van der Waals surface area contributed by atoms with Crippen molar-refractivity contribution in [2.75, 3.05) is 31.6 Å². The lowest BCUT2D eigenvalue weighted by atomic mass is 10.2. The van der Waals surface area contributed by atoms with Crippen LogP contribution in [-0.4, -0.2) is 51.2 Å². The van der Waals surface area contributed by atoms with Crippen LogP contribution < -0.4 is 5.32 Å². The maximum Gasteiger partial charge on any atom is 0.208 e. The number of rotatable bonds is 10. The zero-order chi connectivity index (χ0) is 18.2. The second-order valence-corrected chi connectivity index (χ2v) is 6.38. The molecule has 2 heterocycles. The molecule has 0 fully saturated rings. The standard InChI is InChI=1S/C18H22ClN5O2/c19-14-3-4-15-16(11-14)22-13-23-18(15)21-5-1-2-7-24(8-9-25)12-17-20-6-10-26-17/h3-4,6,10-11,13,25H,1-2,5,7-9,12H2,(H,21,22,23). The van der Waals surface area contributed by atoms with Crippen LogP contribution in [0.4, 0.5) is 5.82 Å². The SMILES string of the molecule is OCCN(CCCCNc1ncnc2cc(Cl)ccc12)Cc1ncco1. The van der Waals surface area contributed by atoms with E-state index < -0.39 is 0 Å². The van der Waals surface area contributed by atoms with E-state index in [1.165, 1.54) is 0 Å². The van der Waals surface area contributed by atoms with Gasteiger partial charge in [0.2, 0.25) is 5.89 Å². The molecule has 2 aromatic heterocycles. The summed E-state index contributed by atoms with van der Waals surface area (Å²) in [6.07, 6.45) is 6.71. The maximum atomic E-state index is 9.21. The highest BCUT2D eigenvalue weighted by atomic mass is 35.5. The molecular weight excluding hydrogens is 354 g/mol. The normalized spacial score (nSPS) is 11.3. The fourth-order valence-corrected chi connectivity index (χ4v) is 2.94. The number of fused-ring (bicyclic) bond motifs is 1. The average molecular weight is 376 g/mol. The van der Waals surface area contributed by atoms with Crippen molar-refractivity contribution < 1.29 is 9.52 Å². The number of unbranched alkanes of at least 4 members (excludes halogenated alkanes) is 1. The molecular formula is C18H22ClN5O2. The van der Waals surface area contributed by atoms with Gasteiger partial charge in [0.15, 0.2) is 0 Å². The summed E-state index contributed by atoms with van der Waals surface area (Å²) in [6, 6.07) is 5.60. The van der Waals surface area contributed by atoms with Crippen molar-refractivity contribution in [2.24, 2.45) is 0 Å². The Balaban J connectivity index is 1.46. The molecule has 0 aliphatic heterocycles. The van der Waals surface area contributed by atoms with Gasteiger partial charge in [-0.2, -0.15) is 0 Å². The molecule has 26 heavy (non-hydrogen) atoms. The Morgan fingerprint density at radius 1 is 1.15 bits per heavy atom. The van der Waals surface area contributed by atoms with Gasteiger partial charge in [-0.25, -0.2) is 15.0 Å². The molecule has 8 heteroatoms. The number of oxazole rings is 1. The summed E-state index contributed by atoms with van der Waals surface area (Å²) in [5, 5.41) is 14.2. The molecule has 0 atom stereocenters. The predicted molar refractivity (Wildman–Crippen MR) is 101 cm³/mol. The van der Waals surface area contributed by atoms with Gasteiger partial charge >= 0.3 is 0 Å². The molecule has 3 aromatic rings. The van der Waals surface area contributed by atoms with E-state index in [2.05, 4.69) is 25.2 Å². The molecule has 0 aliphatic rings. The summed E-state index contributed by atoms with van der Waals surface area (Å²) in [5.41, 5.74) is 0.829. The number of anilines is 1. The van der Waals surface area contributed by atoms with Crippen molar-refractivity contribution in [3.05, 3.63) is 47.9 Å². The third-order valence-corrected chi connectivity index (χ3v) is 4.29. The molecule has 3 rings (SSSR count). The quantitative estimate of drug-likeness (QED) is 0.527. The van der Waals surface area contributed by atoms with Gasteiger partial charge in [-0.05, 0) is 37.6 Å². The van der Waals surface area contributed by atoms with E-state index in [0.29, 0.717) is 24.0 Å². The van der Waals surface area contributed by atoms with Crippen LogP contribution in [0, 0.1) is 0 Å². The topological polar surface area (TPSA) is 87.3 Å². The van der Waals surface area contributed by atoms with E-state index in [1.54, 1.807) is 18.8 Å². The Morgan fingerprint density at radius 3 is 2.88 bits per heavy atom. The summed E-state index contributed by atoms with van der Waals surface area (Å²) in [7, 11) is 0. The Bertz CT molecular complexity index is 812. The first-order chi connectivity index (χ1) is 12.8. The first-order valence-electron chi connectivity index (χ1n) is 8.62. The molecule has 0 unspecified atom stereocenters. The monoisotopic (exact) mass is 375 g/mol. The first kappa shape index (κ1) is 18.6. The number of aromatic nitrogens is 3. The van der Waals surface area contributed by atoms with Gasteiger partial charge in [0, 0.05) is 23.5 Å². The van der Waals surface area contributed by atoms with E-state index in [4.69, 9.17) is 16.0 Å². The van der Waals surface area contributed by atoms with E-state index in [-0.39, 0.29) is 6.61 Å². The van der Waals surface area contributed by atoms with Gasteiger partial charge in [0.1, 0.15) is 18.4 Å². The lowest BCUT2D eigenvalue weighted by molar-refractivity contribution is 0.176. The Morgan fingerprint density at radius 2 is 2.08 bits per heavy atom. The second-order valence-electron chi connectivity index (χ2n) is 5.94. The minimum Gasteiger partial charge on any atom is -0.448 e. The van der Waals surface area contributed by atoms with Gasteiger partial charge in [-0.3, -0.25) is 4.90 Å². The third-order valence-electron chi connectivity index (χ3n) is 4.05. The van der Waals surface area contributed by atoms with Crippen molar-refractivity contribution >= 4 is 28.3 Å². The minimum atomic E-state index is 0.119. The summed E-state index contributed by atoms with van der Waals surface area (Å²) in [6.45, 7) is 3.01. The van der Waals surface area contributed by atoms with Crippen molar-refractivity contribution in [1.29, 1.82) is 0 Å². The van der Waals surface area contributed by atoms with Gasteiger partial charge in [0.25, 0.3) is 0 Å². The first-order valence-corrected chi connectivity index (χ1v) is 9.00. The zero-order valence-corrected chi connectivity index (χ0v) is 15.2. The fourth-order valence-electron chi connectivity index (χ4n) is 2.77. The van der Waals surface area contributed by atoms with Crippen LogP contribution in [-0.2, 0) is 6.54 Å². The predicted octanol–water partition coefficient (Wildman–Crippen LogP) is 2.96. The lowest BCUT2D eigenvalue weighted by Gasteiger charge is -2.19. The molecule has 138 valence electrons. The second kappa shape index (κ2) is 9.47. The largest absolute Gasteiger partial charge is 0.448 e. The molecule has 0 bridgehead atoms. The number of hydrogen-bond donors (Lipinski definition) is 2. The molecule has 0 saturated heterocycles. The molecule has 0 radical (unpaired) electrons. The van der Waals surface area contributed by atoms with Crippen molar-refractivity contribution in [3.8, 4) is 0 Å². The average Bonchev–Trinajstić information content (AvgIpc) is 3.14. The van der Waals surface area contributed by atoms with Crippen molar-refractivity contribution in [2.45, 2.75) is 19.4 Å². The van der Waals surface area contributed by atoms with Crippen LogP contribution in [0.5, 0.6) is 0 Å². The highest BCUT2D eigenvalue weighted by molar-refractivity contribution is 6.31. The highest BCUT2D eigenvalue weighted by Gasteiger charge is 2.08. The number of nitrogens with zero attached hydrogens (tertiary/aromatic N) is 4. The van der Waals surface area contributed by atoms with Gasteiger partial charge in [-0.15, -0.1) is 0 Å². The summed E-state index contributed by atoms with van der Waals surface area (Å²) < 4.78 is 5.27. The van der Waals surface area contributed by atoms with Crippen LogP contribution in [0.15, 0.2) is 41.4 Å². The summed E-state index contributed by atoms with van der Waals surface area (Å²) >= 11 is 6.01. The van der Waals surface area contributed by atoms with E-state index in [1.807, 2.05) is 18.2 Å². The molecule has 0 saturated carbocycles. The summed E-state index contributed by atoms with van der Waals surface area (Å²) in [4.78, 5) is 14.8. The summed E-state index contributed by atoms with van der Waals surface area (Å²) in [5.74, 6) is 1.49. The molecule has 0 aliphatic carbocycles. The van der Waals surface area contributed by atoms with Gasteiger partial charge < -0.3 is 14.8 Å². The number of aliphatic hydroxyl groups is 1. The van der Waals surface area contributed by atoms with Crippen molar-refractivity contribution in [1.82, 2.24) is 19.9 Å². The number of aliphatic hydroxyl groups excluding tert-OH is 1. The minimum absolute atomic E-state index is 0.119. The number of hydrogen-bond acceptors (Lipinski definition) is 7. The Labute approximate surface area is 157 Å². The smallest absolute Gasteiger partial charge is 0.208 e. The van der Waals surface area contributed by atoms with Crippen LogP contribution in [0.1, 0.15) is 18.7 Å². The maximum absolute atomic E-state index is 9.21. The Kier molecular flexibility index (Phi) is 6.76. The van der Waals surface area contributed by atoms with Crippen LogP contribution in [0.25, 0.3) is 10.9 Å². The van der Waals surface area contributed by atoms with E-state index >= 15 is 0 Å². The molecule has 7 nitrogen and oxygen atoms in total. The zero-order valence-electron chi connectivity index (χ0n) is 14.4. The highest BCUT2D eigenvalue weighted by Crippen LogP contribution is 2.22. The molecule has 1 aromatic carbocycles. The number of benzene rings is 1. The number of halogens is 1. The fraction of sp³-hybridized carbons (Fsp3) is 0.389. The van der Waals surface area contributed by atoms with E-state index in [9.17, 15) is 5.11 Å². The van der Waals surface area contributed by atoms with Crippen LogP contribution in [0.3, 0.4) is 0 Å². The van der Waals surface area contributed by atoms with Gasteiger partial charge in [0.05, 0.1) is 24.9 Å². The Hall–Kier alpha value is -2.22. The molecule has 2 N–H and O–H groups in total. The van der Waals surface area contributed by atoms with Crippen LogP contribution >= 0.6 is 11.6 Å². The van der Waals surface area contributed by atoms with Crippen LogP contribution in [0.2, 0.25) is 5.02 Å². The third kappa shape index (κ3) is 5.14. The van der Waals surface area contributed by atoms with Gasteiger partial charge in [-0.1, -0.05) is 11.6 Å².